The van der Waals surface area contributed by atoms with Crippen LogP contribution in [0.4, 0.5) is 4.79 Å². The van der Waals surface area contributed by atoms with Crippen molar-refractivity contribution in [2.45, 2.75) is 25.8 Å². The molecule has 3 rings (SSSR count). The molecule has 0 spiro atoms. The summed E-state index contributed by atoms with van der Waals surface area (Å²) >= 11 is 0. The van der Waals surface area contributed by atoms with E-state index in [0.717, 1.165) is 17.7 Å². The Morgan fingerprint density at radius 2 is 2.11 bits per heavy atom. The van der Waals surface area contributed by atoms with Gasteiger partial charge < -0.3 is 4.90 Å². The van der Waals surface area contributed by atoms with E-state index < -0.39 is 0 Å². The number of amides is 2. The number of hydrogen-bond acceptors (Lipinski definition) is 2. The molecule has 4 heteroatoms. The van der Waals surface area contributed by atoms with Crippen LogP contribution in [-0.2, 0) is 0 Å². The first-order chi connectivity index (χ1) is 8.66. The lowest BCUT2D eigenvalue weighted by Gasteiger charge is -2.24. The molecular formula is C14H17N3O. The van der Waals surface area contributed by atoms with Gasteiger partial charge in [-0.05, 0) is 36.8 Å². The molecular weight excluding hydrogens is 226 g/mol. The lowest BCUT2D eigenvalue weighted by Crippen LogP contribution is -2.32. The van der Waals surface area contributed by atoms with E-state index in [1.807, 2.05) is 36.1 Å². The predicted octanol–water partition coefficient (Wildman–Crippen LogP) is 2.45. The maximum Gasteiger partial charge on any atom is 0.323 e. The Balaban J connectivity index is 1.94. The zero-order valence-corrected chi connectivity index (χ0v) is 10.4. The first-order valence-electron chi connectivity index (χ1n) is 6.38. The van der Waals surface area contributed by atoms with Gasteiger partial charge in [0.15, 0.2) is 0 Å². The summed E-state index contributed by atoms with van der Waals surface area (Å²) in [5.74, 6) is 0.933. The van der Waals surface area contributed by atoms with Crippen molar-refractivity contribution in [2.75, 3.05) is 6.54 Å². The summed E-state index contributed by atoms with van der Waals surface area (Å²) in [6.07, 6.45) is 2.41. The summed E-state index contributed by atoms with van der Waals surface area (Å²) in [5, 5.41) is 10.6. The topological polar surface area (TPSA) is 56.2 Å². The fraction of sp³-hybridized carbons (Fsp3) is 0.429. The van der Waals surface area contributed by atoms with Crippen molar-refractivity contribution in [1.29, 1.82) is 5.41 Å². The lowest BCUT2D eigenvalue weighted by atomic mass is 10.00. The third-order valence-corrected chi connectivity index (χ3v) is 3.72. The fourth-order valence-corrected chi connectivity index (χ4v) is 2.51. The molecule has 1 heterocycles. The number of carbonyl (C=O) groups excluding carboxylic acids is 1. The molecule has 1 unspecified atom stereocenters. The second kappa shape index (κ2) is 4.12. The van der Waals surface area contributed by atoms with Crippen molar-refractivity contribution in [3.63, 3.8) is 0 Å². The zero-order valence-electron chi connectivity index (χ0n) is 10.4. The molecule has 0 bridgehead atoms. The Labute approximate surface area is 106 Å². The lowest BCUT2D eigenvalue weighted by molar-refractivity contribution is 0.203. The van der Waals surface area contributed by atoms with E-state index in [1.54, 1.807) is 0 Å². The van der Waals surface area contributed by atoms with E-state index in [1.165, 1.54) is 12.8 Å². The molecule has 1 aromatic carbocycles. The van der Waals surface area contributed by atoms with Gasteiger partial charge in [0.2, 0.25) is 0 Å². The number of amidine groups is 1. The summed E-state index contributed by atoms with van der Waals surface area (Å²) in [6, 6.07) is 7.64. The fourth-order valence-electron chi connectivity index (χ4n) is 2.51. The standard InChI is InChI=1S/C14H17N3O/c1-9-4-2-3-5-11(9)12-13(15)16-14(18)17(12)8-10-6-7-10/h2-5,10,12H,6-8H2,1H3,(H2,15,16,18). The number of rotatable bonds is 3. The van der Waals surface area contributed by atoms with Crippen LogP contribution in [0.1, 0.15) is 30.0 Å². The summed E-state index contributed by atoms with van der Waals surface area (Å²) in [6.45, 7) is 2.80. The molecule has 4 nitrogen and oxygen atoms in total. The zero-order chi connectivity index (χ0) is 12.7. The van der Waals surface area contributed by atoms with Crippen molar-refractivity contribution >= 4 is 11.9 Å². The number of urea groups is 1. The number of aryl methyl sites for hydroxylation is 1. The quantitative estimate of drug-likeness (QED) is 0.841. The minimum Gasteiger partial charge on any atom is -0.310 e. The van der Waals surface area contributed by atoms with E-state index in [0.29, 0.717) is 11.8 Å². The van der Waals surface area contributed by atoms with E-state index in [2.05, 4.69) is 5.32 Å². The maximum atomic E-state index is 11.9. The first-order valence-corrected chi connectivity index (χ1v) is 6.38. The second-order valence-corrected chi connectivity index (χ2v) is 5.20. The van der Waals surface area contributed by atoms with Crippen molar-refractivity contribution in [1.82, 2.24) is 10.2 Å². The third kappa shape index (κ3) is 1.88. The number of benzene rings is 1. The van der Waals surface area contributed by atoms with Crippen LogP contribution in [-0.4, -0.2) is 23.3 Å². The molecule has 2 aliphatic rings. The maximum absolute atomic E-state index is 11.9. The van der Waals surface area contributed by atoms with Crippen LogP contribution in [0.2, 0.25) is 0 Å². The van der Waals surface area contributed by atoms with Gasteiger partial charge in [-0.2, -0.15) is 0 Å². The van der Waals surface area contributed by atoms with Gasteiger partial charge in [-0.1, -0.05) is 24.3 Å². The molecule has 0 radical (unpaired) electrons. The van der Waals surface area contributed by atoms with Crippen LogP contribution in [0.25, 0.3) is 0 Å². The van der Waals surface area contributed by atoms with Gasteiger partial charge in [-0.3, -0.25) is 10.7 Å². The summed E-state index contributed by atoms with van der Waals surface area (Å²) in [4.78, 5) is 13.7. The van der Waals surface area contributed by atoms with Crippen LogP contribution < -0.4 is 5.32 Å². The van der Waals surface area contributed by atoms with E-state index >= 15 is 0 Å². The van der Waals surface area contributed by atoms with Crippen LogP contribution in [0.15, 0.2) is 24.3 Å². The minimum absolute atomic E-state index is 0.125. The highest BCUT2D eigenvalue weighted by atomic mass is 16.2. The Hall–Kier alpha value is -1.84. The Bertz CT molecular complexity index is 508. The van der Waals surface area contributed by atoms with Gasteiger partial charge in [0.05, 0.1) is 0 Å². The summed E-state index contributed by atoms with van der Waals surface area (Å²) < 4.78 is 0. The Morgan fingerprint density at radius 1 is 1.39 bits per heavy atom. The number of carbonyl (C=O) groups is 1. The van der Waals surface area contributed by atoms with Gasteiger partial charge in [-0.25, -0.2) is 4.79 Å². The highest BCUT2D eigenvalue weighted by Gasteiger charge is 2.40. The van der Waals surface area contributed by atoms with Crippen molar-refractivity contribution < 1.29 is 4.79 Å². The molecule has 1 saturated heterocycles. The van der Waals surface area contributed by atoms with Gasteiger partial charge in [0.25, 0.3) is 0 Å². The molecule has 1 atom stereocenters. The number of hydrogen-bond donors (Lipinski definition) is 2. The molecule has 1 aliphatic carbocycles. The minimum atomic E-state index is -0.223. The van der Waals surface area contributed by atoms with Crippen molar-refractivity contribution in [3.8, 4) is 0 Å². The molecule has 2 fully saturated rings. The highest BCUT2D eigenvalue weighted by Crippen LogP contribution is 2.35. The molecule has 1 saturated carbocycles. The van der Waals surface area contributed by atoms with Crippen molar-refractivity contribution in [2.24, 2.45) is 5.92 Å². The normalized spacial score (nSPS) is 23.4. The monoisotopic (exact) mass is 243 g/mol. The SMILES string of the molecule is Cc1ccccc1C1C(=N)NC(=O)N1CC1CC1. The largest absolute Gasteiger partial charge is 0.323 e. The van der Waals surface area contributed by atoms with Gasteiger partial charge >= 0.3 is 6.03 Å². The molecule has 1 aromatic rings. The molecule has 94 valence electrons. The number of nitrogens with zero attached hydrogens (tertiary/aromatic N) is 1. The Morgan fingerprint density at radius 3 is 2.78 bits per heavy atom. The van der Waals surface area contributed by atoms with Gasteiger partial charge in [-0.15, -0.1) is 0 Å². The van der Waals surface area contributed by atoms with Crippen LogP contribution in [0.3, 0.4) is 0 Å². The molecule has 2 amide bonds. The average Bonchev–Trinajstić information content (AvgIpc) is 3.09. The summed E-state index contributed by atoms with van der Waals surface area (Å²) in [5.41, 5.74) is 2.19. The van der Waals surface area contributed by atoms with Crippen LogP contribution in [0.5, 0.6) is 0 Å². The van der Waals surface area contributed by atoms with Gasteiger partial charge in [0.1, 0.15) is 11.9 Å². The molecule has 1 aliphatic heterocycles. The van der Waals surface area contributed by atoms with Crippen LogP contribution >= 0.6 is 0 Å². The second-order valence-electron chi connectivity index (χ2n) is 5.20. The Kier molecular flexibility index (Phi) is 2.58. The highest BCUT2D eigenvalue weighted by molar-refractivity contribution is 6.06. The first kappa shape index (κ1) is 11.3. The predicted molar refractivity (Wildman–Crippen MR) is 69.6 cm³/mol. The van der Waals surface area contributed by atoms with Crippen molar-refractivity contribution in [3.05, 3.63) is 35.4 Å². The van der Waals surface area contributed by atoms with Gasteiger partial charge in [0, 0.05) is 6.54 Å². The molecule has 0 aromatic heterocycles. The number of nitrogens with one attached hydrogen (secondary N) is 2. The summed E-state index contributed by atoms with van der Waals surface area (Å²) in [7, 11) is 0. The molecule has 18 heavy (non-hydrogen) atoms. The van der Waals surface area contributed by atoms with E-state index in [-0.39, 0.29) is 12.1 Å². The van der Waals surface area contributed by atoms with E-state index in [4.69, 9.17) is 5.41 Å². The van der Waals surface area contributed by atoms with E-state index in [9.17, 15) is 4.79 Å². The van der Waals surface area contributed by atoms with Crippen LogP contribution in [0, 0.1) is 18.3 Å². The average molecular weight is 243 g/mol. The molecule has 2 N–H and O–H groups in total. The smallest absolute Gasteiger partial charge is 0.310 e. The third-order valence-electron chi connectivity index (χ3n) is 3.72.